The normalized spacial score (nSPS) is 36.9. The molecule has 0 radical (unpaired) electrons. The molecule has 4 saturated carbocycles. The summed E-state index contributed by atoms with van der Waals surface area (Å²) < 4.78 is 5.83. The van der Waals surface area contributed by atoms with E-state index in [1.807, 2.05) is 23.1 Å². The predicted octanol–water partition coefficient (Wildman–Crippen LogP) is 3.12. The summed E-state index contributed by atoms with van der Waals surface area (Å²) >= 11 is 0. The summed E-state index contributed by atoms with van der Waals surface area (Å²) in [5, 5.41) is 0. The van der Waals surface area contributed by atoms with Crippen molar-refractivity contribution in [2.45, 2.75) is 44.9 Å². The van der Waals surface area contributed by atoms with Gasteiger partial charge in [0.05, 0.1) is 11.3 Å². The zero-order chi connectivity index (χ0) is 20.3. The molecule has 5 fully saturated rings. The van der Waals surface area contributed by atoms with E-state index < -0.39 is 0 Å². The Morgan fingerprint density at radius 1 is 0.867 bits per heavy atom. The molecule has 30 heavy (non-hydrogen) atoms. The molecule has 4 aliphatic carbocycles. The number of amides is 2. The summed E-state index contributed by atoms with van der Waals surface area (Å²) in [5.74, 6) is 3.76. The van der Waals surface area contributed by atoms with Crippen molar-refractivity contribution in [1.29, 1.82) is 0 Å². The lowest BCUT2D eigenvalue weighted by molar-refractivity contribution is -0.161. The van der Waals surface area contributed by atoms with Gasteiger partial charge in [0.15, 0.2) is 0 Å². The molecule has 1 unspecified atom stereocenters. The van der Waals surface area contributed by atoms with E-state index in [1.165, 1.54) is 19.3 Å². The number of hydrogen-bond donors (Lipinski definition) is 0. The van der Waals surface area contributed by atoms with Crippen LogP contribution in [-0.4, -0.2) is 54.4 Å². The van der Waals surface area contributed by atoms with Crippen molar-refractivity contribution in [2.75, 3.05) is 32.8 Å². The van der Waals surface area contributed by atoms with Crippen LogP contribution in [0.4, 0.5) is 0 Å². The van der Waals surface area contributed by atoms with Crippen LogP contribution >= 0.6 is 0 Å². The summed E-state index contributed by atoms with van der Waals surface area (Å²) in [7, 11) is 0. The van der Waals surface area contributed by atoms with E-state index in [2.05, 4.69) is 11.0 Å². The van der Waals surface area contributed by atoms with Gasteiger partial charge in [-0.3, -0.25) is 9.59 Å². The smallest absolute Gasteiger partial charge is 0.229 e. The molecular formula is C25H32N2O3. The zero-order valence-electron chi connectivity index (χ0n) is 17.7. The first kappa shape index (κ1) is 18.7. The van der Waals surface area contributed by atoms with Gasteiger partial charge in [-0.15, -0.1) is 0 Å². The Kier molecular flexibility index (Phi) is 4.36. The van der Waals surface area contributed by atoms with Gasteiger partial charge in [-0.1, -0.05) is 18.2 Å². The molecule has 0 spiro atoms. The van der Waals surface area contributed by atoms with Crippen LogP contribution in [0.15, 0.2) is 24.3 Å². The summed E-state index contributed by atoms with van der Waals surface area (Å²) in [6.45, 7) is 3.17. The fourth-order valence-electron chi connectivity index (χ4n) is 7.58. The molecule has 6 aliphatic rings. The molecule has 1 aromatic rings. The molecule has 1 saturated heterocycles. The standard InChI is InChI=1S/C25H32N2O3/c28-23(21-12-20-3-1-2-4-22(20)30-16-21)26-5-7-27(8-6-26)24(29)25-13-17-9-18(14-25)11-19(10-17)15-25/h1-4,17-19,21H,5-16H2. The second-order valence-corrected chi connectivity index (χ2v) is 10.6. The number of carbonyl (C=O) groups excluding carboxylic acids is 2. The van der Waals surface area contributed by atoms with Crippen LogP contribution in [0.2, 0.25) is 0 Å². The number of rotatable bonds is 2. The largest absolute Gasteiger partial charge is 0.492 e. The molecule has 1 atom stereocenters. The molecular weight excluding hydrogens is 376 g/mol. The van der Waals surface area contributed by atoms with Crippen molar-refractivity contribution < 1.29 is 14.3 Å². The van der Waals surface area contributed by atoms with E-state index in [-0.39, 0.29) is 17.2 Å². The summed E-state index contributed by atoms with van der Waals surface area (Å²) in [6.07, 6.45) is 8.20. The third-order valence-electron chi connectivity index (χ3n) is 8.60. The Bertz CT molecular complexity index is 822. The van der Waals surface area contributed by atoms with Crippen LogP contribution < -0.4 is 4.74 Å². The van der Waals surface area contributed by atoms with E-state index >= 15 is 0 Å². The van der Waals surface area contributed by atoms with Gasteiger partial charge in [0.25, 0.3) is 0 Å². The van der Waals surface area contributed by atoms with Crippen molar-refractivity contribution in [2.24, 2.45) is 29.1 Å². The minimum atomic E-state index is -0.106. The van der Waals surface area contributed by atoms with Crippen molar-refractivity contribution in [3.05, 3.63) is 29.8 Å². The molecule has 2 amide bonds. The summed E-state index contributed by atoms with van der Waals surface area (Å²) in [5.41, 5.74) is 1.06. The second-order valence-electron chi connectivity index (χ2n) is 10.6. The van der Waals surface area contributed by atoms with Crippen LogP contribution in [-0.2, 0) is 16.0 Å². The van der Waals surface area contributed by atoms with Gasteiger partial charge in [-0.2, -0.15) is 0 Å². The third kappa shape index (κ3) is 3.04. The van der Waals surface area contributed by atoms with Crippen LogP contribution in [0.5, 0.6) is 5.75 Å². The van der Waals surface area contributed by atoms with E-state index in [0.29, 0.717) is 38.7 Å². The monoisotopic (exact) mass is 408 g/mol. The number of hydrogen-bond acceptors (Lipinski definition) is 3. The van der Waals surface area contributed by atoms with Gasteiger partial charge in [0.2, 0.25) is 11.8 Å². The number of ether oxygens (including phenoxy) is 1. The number of piperazine rings is 1. The molecule has 5 heteroatoms. The third-order valence-corrected chi connectivity index (χ3v) is 8.60. The van der Waals surface area contributed by atoms with E-state index in [1.54, 1.807) is 0 Å². The van der Waals surface area contributed by atoms with Crippen LogP contribution in [0.1, 0.15) is 44.1 Å². The Hall–Kier alpha value is -2.04. The average Bonchev–Trinajstić information content (AvgIpc) is 2.77. The Morgan fingerprint density at radius 3 is 2.13 bits per heavy atom. The van der Waals surface area contributed by atoms with Crippen molar-refractivity contribution >= 4 is 11.8 Å². The van der Waals surface area contributed by atoms with Crippen LogP contribution in [0.25, 0.3) is 0 Å². The minimum absolute atomic E-state index is 0.0676. The second kappa shape index (κ2) is 7.00. The van der Waals surface area contributed by atoms with Gasteiger partial charge in [-0.05, 0) is 74.3 Å². The first-order valence-electron chi connectivity index (χ1n) is 11.9. The summed E-state index contributed by atoms with van der Waals surface area (Å²) in [4.78, 5) is 30.7. The highest BCUT2D eigenvalue weighted by atomic mass is 16.5. The maximum absolute atomic E-state index is 13.6. The van der Waals surface area contributed by atoms with E-state index in [9.17, 15) is 9.59 Å². The maximum atomic E-state index is 13.6. The van der Waals surface area contributed by atoms with Gasteiger partial charge >= 0.3 is 0 Å². The predicted molar refractivity (Wildman–Crippen MR) is 113 cm³/mol. The molecule has 2 aliphatic heterocycles. The molecule has 5 nitrogen and oxygen atoms in total. The first-order valence-corrected chi connectivity index (χ1v) is 11.9. The molecule has 7 rings (SSSR count). The topological polar surface area (TPSA) is 49.9 Å². The number of benzene rings is 1. The highest BCUT2D eigenvalue weighted by Gasteiger charge is 2.55. The Balaban J connectivity index is 1.08. The summed E-state index contributed by atoms with van der Waals surface area (Å²) in [6, 6.07) is 8.01. The molecule has 160 valence electrons. The average molecular weight is 409 g/mol. The fourth-order valence-corrected chi connectivity index (χ4v) is 7.58. The lowest BCUT2D eigenvalue weighted by Crippen LogP contribution is -2.59. The maximum Gasteiger partial charge on any atom is 0.229 e. The Morgan fingerprint density at radius 2 is 1.47 bits per heavy atom. The van der Waals surface area contributed by atoms with Crippen LogP contribution in [0.3, 0.4) is 0 Å². The number of fused-ring (bicyclic) bond motifs is 1. The minimum Gasteiger partial charge on any atom is -0.492 e. The number of para-hydroxylation sites is 1. The molecule has 0 N–H and O–H groups in total. The quantitative estimate of drug-likeness (QED) is 0.756. The first-order chi connectivity index (χ1) is 14.6. The van der Waals surface area contributed by atoms with Crippen LogP contribution in [0, 0.1) is 29.1 Å². The molecule has 0 aromatic heterocycles. The number of nitrogens with zero attached hydrogens (tertiary/aromatic N) is 2. The van der Waals surface area contributed by atoms with E-state index in [0.717, 1.165) is 54.7 Å². The zero-order valence-corrected chi connectivity index (χ0v) is 17.7. The fraction of sp³-hybridized carbons (Fsp3) is 0.680. The lowest BCUT2D eigenvalue weighted by atomic mass is 9.49. The van der Waals surface area contributed by atoms with Crippen molar-refractivity contribution in [3.63, 3.8) is 0 Å². The van der Waals surface area contributed by atoms with Gasteiger partial charge in [0, 0.05) is 26.2 Å². The van der Waals surface area contributed by atoms with Gasteiger partial charge < -0.3 is 14.5 Å². The highest BCUT2D eigenvalue weighted by Crippen LogP contribution is 2.60. The van der Waals surface area contributed by atoms with E-state index in [4.69, 9.17) is 4.74 Å². The van der Waals surface area contributed by atoms with Gasteiger partial charge in [0.1, 0.15) is 12.4 Å². The van der Waals surface area contributed by atoms with Crippen molar-refractivity contribution in [3.8, 4) is 5.75 Å². The molecule has 4 bridgehead atoms. The SMILES string of the molecule is O=C(C1COc2ccccc2C1)N1CCN(C(=O)C23CC4CC(CC(C4)C2)C3)CC1. The highest BCUT2D eigenvalue weighted by molar-refractivity contribution is 5.84. The van der Waals surface area contributed by atoms with Gasteiger partial charge in [-0.25, -0.2) is 0 Å². The Labute approximate surface area is 178 Å². The van der Waals surface area contributed by atoms with Crippen molar-refractivity contribution in [1.82, 2.24) is 9.80 Å². The molecule has 1 aromatic carbocycles. The molecule has 2 heterocycles. The number of carbonyl (C=O) groups is 2. The lowest BCUT2D eigenvalue weighted by Gasteiger charge is -2.57.